The summed E-state index contributed by atoms with van der Waals surface area (Å²) < 4.78 is 5.86. The third kappa shape index (κ3) is 3.07. The summed E-state index contributed by atoms with van der Waals surface area (Å²) in [7, 11) is 0. The van der Waals surface area contributed by atoms with Crippen molar-refractivity contribution >= 4 is 27.6 Å². The largest absolute Gasteiger partial charge is 0.478 e. The molecule has 0 aliphatic rings. The van der Waals surface area contributed by atoms with Crippen LogP contribution in [0.25, 0.3) is 0 Å². The second kappa shape index (κ2) is 5.01. The van der Waals surface area contributed by atoms with Crippen molar-refractivity contribution in [2.75, 3.05) is 5.32 Å². The smallest absolute Gasteiger partial charge is 0.338 e. The van der Waals surface area contributed by atoms with Crippen LogP contribution in [0.3, 0.4) is 0 Å². The van der Waals surface area contributed by atoms with E-state index in [0.717, 1.165) is 10.3 Å². The first-order valence-electron chi connectivity index (χ1n) is 4.81. The molecule has 2 N–H and O–H groups in total. The van der Waals surface area contributed by atoms with Gasteiger partial charge in [0.1, 0.15) is 16.6 Å². The van der Waals surface area contributed by atoms with E-state index in [1.165, 1.54) is 12.3 Å². The van der Waals surface area contributed by atoms with E-state index in [1.54, 1.807) is 6.20 Å². The number of aromatic nitrogens is 1. The molecule has 2 heterocycles. The topological polar surface area (TPSA) is 75.4 Å². The minimum Gasteiger partial charge on any atom is -0.478 e. The van der Waals surface area contributed by atoms with Gasteiger partial charge in [0.2, 0.25) is 0 Å². The molecule has 5 nitrogen and oxygen atoms in total. The SMILES string of the molecule is O=C(O)c1coc(CNc2ccc(Br)nc2)c1. The first kappa shape index (κ1) is 11.7. The van der Waals surface area contributed by atoms with E-state index in [2.05, 4.69) is 26.2 Å². The van der Waals surface area contributed by atoms with Crippen molar-refractivity contribution in [1.82, 2.24) is 4.98 Å². The highest BCUT2D eigenvalue weighted by atomic mass is 79.9. The average Bonchev–Trinajstić information content (AvgIpc) is 2.77. The number of hydrogen-bond acceptors (Lipinski definition) is 4. The van der Waals surface area contributed by atoms with E-state index < -0.39 is 5.97 Å². The highest BCUT2D eigenvalue weighted by Gasteiger charge is 2.07. The summed E-state index contributed by atoms with van der Waals surface area (Å²) in [5, 5.41) is 11.8. The van der Waals surface area contributed by atoms with Gasteiger partial charge in [-0.3, -0.25) is 0 Å². The molecular formula is C11H9BrN2O3. The second-order valence-corrected chi connectivity index (χ2v) is 4.14. The standard InChI is InChI=1S/C11H9BrN2O3/c12-10-2-1-8(4-14-10)13-5-9-3-7(6-17-9)11(15)16/h1-4,6,13H,5H2,(H,15,16). The number of nitrogens with one attached hydrogen (secondary N) is 1. The molecule has 0 radical (unpaired) electrons. The molecule has 0 fully saturated rings. The van der Waals surface area contributed by atoms with Crippen LogP contribution < -0.4 is 5.32 Å². The van der Waals surface area contributed by atoms with Crippen molar-refractivity contribution in [1.29, 1.82) is 0 Å². The summed E-state index contributed by atoms with van der Waals surface area (Å²) in [5.74, 6) is -0.435. The van der Waals surface area contributed by atoms with Gasteiger partial charge < -0.3 is 14.8 Å². The van der Waals surface area contributed by atoms with Crippen molar-refractivity contribution < 1.29 is 14.3 Å². The lowest BCUT2D eigenvalue weighted by Crippen LogP contribution is -1.98. The van der Waals surface area contributed by atoms with Crippen LogP contribution >= 0.6 is 15.9 Å². The number of furan rings is 1. The zero-order chi connectivity index (χ0) is 12.3. The molecule has 0 amide bonds. The minimum atomic E-state index is -0.995. The van der Waals surface area contributed by atoms with Gasteiger partial charge in [-0.15, -0.1) is 0 Å². The molecule has 0 aliphatic heterocycles. The van der Waals surface area contributed by atoms with E-state index in [4.69, 9.17) is 9.52 Å². The van der Waals surface area contributed by atoms with Gasteiger partial charge >= 0.3 is 5.97 Å². The summed E-state index contributed by atoms with van der Waals surface area (Å²) in [4.78, 5) is 14.7. The fourth-order valence-corrected chi connectivity index (χ4v) is 1.49. The fourth-order valence-electron chi connectivity index (χ4n) is 1.26. The lowest BCUT2D eigenvalue weighted by atomic mass is 10.3. The third-order valence-electron chi connectivity index (χ3n) is 2.09. The Morgan fingerprint density at radius 2 is 2.35 bits per heavy atom. The molecule has 0 atom stereocenters. The van der Waals surface area contributed by atoms with E-state index in [9.17, 15) is 4.79 Å². The molecule has 0 aromatic carbocycles. The Morgan fingerprint density at radius 3 is 2.94 bits per heavy atom. The quantitative estimate of drug-likeness (QED) is 0.849. The molecule has 6 heteroatoms. The Morgan fingerprint density at radius 1 is 1.53 bits per heavy atom. The molecule has 0 saturated heterocycles. The number of rotatable bonds is 4. The number of carboxylic acid groups (broad SMARTS) is 1. The predicted octanol–water partition coefficient (Wildman–Crippen LogP) is 2.75. The van der Waals surface area contributed by atoms with Gasteiger partial charge in [0.05, 0.1) is 24.0 Å². The molecule has 0 saturated carbocycles. The summed E-state index contributed by atoms with van der Waals surface area (Å²) in [5.41, 5.74) is 0.984. The van der Waals surface area contributed by atoms with Crippen LogP contribution in [-0.4, -0.2) is 16.1 Å². The Bertz CT molecular complexity index is 522. The number of anilines is 1. The van der Waals surface area contributed by atoms with Crippen molar-refractivity contribution in [3.63, 3.8) is 0 Å². The predicted molar refractivity (Wildman–Crippen MR) is 64.9 cm³/mol. The number of carboxylic acids is 1. The van der Waals surface area contributed by atoms with Crippen molar-refractivity contribution in [2.24, 2.45) is 0 Å². The number of pyridine rings is 1. The third-order valence-corrected chi connectivity index (χ3v) is 2.56. The molecule has 17 heavy (non-hydrogen) atoms. The number of nitrogens with zero attached hydrogens (tertiary/aromatic N) is 1. The van der Waals surface area contributed by atoms with Crippen LogP contribution in [0.5, 0.6) is 0 Å². The van der Waals surface area contributed by atoms with Gasteiger partial charge in [0, 0.05) is 0 Å². The maximum absolute atomic E-state index is 10.6. The van der Waals surface area contributed by atoms with Crippen LogP contribution in [0, 0.1) is 0 Å². The molecule has 88 valence electrons. The van der Waals surface area contributed by atoms with E-state index in [0.29, 0.717) is 12.3 Å². The number of aromatic carboxylic acids is 1. The van der Waals surface area contributed by atoms with Gasteiger partial charge in [0.15, 0.2) is 0 Å². The fraction of sp³-hybridized carbons (Fsp3) is 0.0909. The summed E-state index contributed by atoms with van der Waals surface area (Å²) in [6, 6.07) is 5.16. The van der Waals surface area contributed by atoms with E-state index >= 15 is 0 Å². The Hall–Kier alpha value is -1.82. The summed E-state index contributed by atoms with van der Waals surface area (Å²) in [6.07, 6.45) is 2.89. The molecule has 0 bridgehead atoms. The zero-order valence-electron chi connectivity index (χ0n) is 8.68. The normalized spacial score (nSPS) is 10.2. The lowest BCUT2D eigenvalue weighted by molar-refractivity contribution is 0.0696. The van der Waals surface area contributed by atoms with Gasteiger partial charge in [-0.1, -0.05) is 0 Å². The van der Waals surface area contributed by atoms with Crippen LogP contribution in [0.1, 0.15) is 16.1 Å². The molecule has 0 spiro atoms. The number of carbonyl (C=O) groups is 1. The maximum Gasteiger partial charge on any atom is 0.338 e. The monoisotopic (exact) mass is 296 g/mol. The number of halogens is 1. The highest BCUT2D eigenvalue weighted by Crippen LogP contribution is 2.13. The average molecular weight is 297 g/mol. The van der Waals surface area contributed by atoms with Gasteiger partial charge in [0.25, 0.3) is 0 Å². The first-order chi connectivity index (χ1) is 8.15. The van der Waals surface area contributed by atoms with Crippen molar-refractivity contribution in [2.45, 2.75) is 6.54 Å². The van der Waals surface area contributed by atoms with Crippen LogP contribution in [0.4, 0.5) is 5.69 Å². The molecule has 2 aromatic rings. The minimum absolute atomic E-state index is 0.149. The Kier molecular flexibility index (Phi) is 3.43. The lowest BCUT2D eigenvalue weighted by Gasteiger charge is -2.02. The number of hydrogen-bond donors (Lipinski definition) is 2. The van der Waals surface area contributed by atoms with E-state index in [1.807, 2.05) is 12.1 Å². The molecule has 0 unspecified atom stereocenters. The van der Waals surface area contributed by atoms with Crippen molar-refractivity contribution in [3.05, 3.63) is 46.6 Å². The molecule has 2 rings (SSSR count). The van der Waals surface area contributed by atoms with Gasteiger partial charge in [-0.2, -0.15) is 0 Å². The Labute approximate surface area is 106 Å². The Balaban J connectivity index is 1.97. The second-order valence-electron chi connectivity index (χ2n) is 3.33. The first-order valence-corrected chi connectivity index (χ1v) is 5.60. The van der Waals surface area contributed by atoms with E-state index in [-0.39, 0.29) is 5.56 Å². The highest BCUT2D eigenvalue weighted by molar-refractivity contribution is 9.10. The van der Waals surface area contributed by atoms with Gasteiger partial charge in [-0.05, 0) is 34.1 Å². The molecule has 0 aliphatic carbocycles. The van der Waals surface area contributed by atoms with Crippen LogP contribution in [0.15, 0.2) is 39.7 Å². The van der Waals surface area contributed by atoms with Crippen LogP contribution in [-0.2, 0) is 6.54 Å². The van der Waals surface area contributed by atoms with Crippen LogP contribution in [0.2, 0.25) is 0 Å². The maximum atomic E-state index is 10.6. The van der Waals surface area contributed by atoms with Gasteiger partial charge in [-0.25, -0.2) is 9.78 Å². The summed E-state index contributed by atoms with van der Waals surface area (Å²) in [6.45, 7) is 0.413. The van der Waals surface area contributed by atoms with Crippen molar-refractivity contribution in [3.8, 4) is 0 Å². The summed E-state index contributed by atoms with van der Waals surface area (Å²) >= 11 is 3.24. The zero-order valence-corrected chi connectivity index (χ0v) is 10.3. The molecular weight excluding hydrogens is 288 g/mol. The molecule has 2 aromatic heterocycles.